The van der Waals surface area contributed by atoms with Crippen molar-refractivity contribution in [2.24, 2.45) is 5.41 Å². The maximum atomic E-state index is 13.1. The van der Waals surface area contributed by atoms with Crippen LogP contribution >= 0.6 is 46.4 Å². The van der Waals surface area contributed by atoms with E-state index in [0.29, 0.717) is 52.4 Å². The summed E-state index contributed by atoms with van der Waals surface area (Å²) in [6.07, 6.45) is 0.410. The first-order chi connectivity index (χ1) is 13.8. The molecule has 29 heavy (non-hydrogen) atoms. The lowest BCUT2D eigenvalue weighted by molar-refractivity contribution is -0.161. The first-order valence-corrected chi connectivity index (χ1v) is 11.0. The van der Waals surface area contributed by atoms with Crippen LogP contribution < -0.4 is 0 Å². The van der Waals surface area contributed by atoms with Crippen LogP contribution in [0.4, 0.5) is 0 Å². The van der Waals surface area contributed by atoms with Gasteiger partial charge in [0.25, 0.3) is 0 Å². The van der Waals surface area contributed by atoms with Crippen molar-refractivity contribution in [1.29, 1.82) is 0 Å². The van der Waals surface area contributed by atoms with Crippen LogP contribution in [0, 0.1) is 5.41 Å². The Labute approximate surface area is 191 Å². The van der Waals surface area contributed by atoms with Gasteiger partial charge in [-0.3, -0.25) is 4.79 Å². The zero-order valence-corrected chi connectivity index (χ0v) is 19.4. The molecule has 1 aliphatic heterocycles. The average Bonchev–Trinajstić information content (AvgIpc) is 2.82. The number of Topliss-reactive ketones (excluding diaryl/α,β-unsaturated/α-hetero) is 1. The minimum Gasteiger partial charge on any atom is -0.362 e. The maximum Gasteiger partial charge on any atom is 0.215 e. The number of hydrogen-bond acceptors (Lipinski definition) is 3. The van der Waals surface area contributed by atoms with Crippen molar-refractivity contribution in [3.05, 3.63) is 67.6 Å². The summed E-state index contributed by atoms with van der Waals surface area (Å²) in [6.45, 7) is 4.32. The Kier molecular flexibility index (Phi) is 9.27. The summed E-state index contributed by atoms with van der Waals surface area (Å²) in [5.41, 5.74) is 0.674. The molecule has 3 rings (SSSR count). The van der Waals surface area contributed by atoms with Crippen molar-refractivity contribution < 1.29 is 14.6 Å². The van der Waals surface area contributed by atoms with Crippen LogP contribution in [0.15, 0.2) is 36.4 Å². The van der Waals surface area contributed by atoms with E-state index >= 15 is 0 Å². The lowest BCUT2D eigenvalue weighted by Crippen LogP contribution is -2.42. The van der Waals surface area contributed by atoms with Crippen LogP contribution in [0.2, 0.25) is 20.1 Å². The molecule has 1 aliphatic rings. The third-order valence-electron chi connectivity index (χ3n) is 4.91. The van der Waals surface area contributed by atoms with Gasteiger partial charge in [0.05, 0.1) is 6.61 Å². The molecule has 1 atom stereocenters. The molecule has 2 aromatic carbocycles. The van der Waals surface area contributed by atoms with E-state index < -0.39 is 11.7 Å². The number of aliphatic hydroxyl groups is 1. The standard InChI is InChI=1S/C20H18Cl4O3.C2H6/c21-14-4-2-12(16(23)8-14)10-20(6-1-7-27-19(26)18(20)25)11-13-3-5-15(22)9-17(13)24;1-2/h2-5,8-9,19,26H,1,6-7,10-11H2;1-2H3/t19-;/m0./s1. The van der Waals surface area contributed by atoms with E-state index in [1.807, 2.05) is 13.8 Å². The summed E-state index contributed by atoms with van der Waals surface area (Å²) in [6, 6.07) is 10.4. The van der Waals surface area contributed by atoms with E-state index in [1.165, 1.54) is 0 Å². The molecule has 0 radical (unpaired) electrons. The topological polar surface area (TPSA) is 46.5 Å². The second kappa shape index (κ2) is 11.0. The number of aliphatic hydroxyl groups excluding tert-OH is 1. The van der Waals surface area contributed by atoms with Gasteiger partial charge in [0.2, 0.25) is 6.29 Å². The van der Waals surface area contributed by atoms with Crippen LogP contribution in [0.5, 0.6) is 0 Å². The number of ketones is 1. The summed E-state index contributed by atoms with van der Waals surface area (Å²) < 4.78 is 5.24. The molecule has 1 heterocycles. The predicted octanol–water partition coefficient (Wildman–Crippen LogP) is 6.80. The third-order valence-corrected chi connectivity index (χ3v) is 6.08. The van der Waals surface area contributed by atoms with E-state index in [0.717, 1.165) is 11.1 Å². The largest absolute Gasteiger partial charge is 0.362 e. The molecule has 1 fully saturated rings. The highest BCUT2D eigenvalue weighted by Gasteiger charge is 2.44. The summed E-state index contributed by atoms with van der Waals surface area (Å²) in [4.78, 5) is 13.1. The highest BCUT2D eigenvalue weighted by Crippen LogP contribution is 2.40. The van der Waals surface area contributed by atoms with Gasteiger partial charge < -0.3 is 9.84 Å². The number of carbonyl (C=O) groups is 1. The lowest BCUT2D eigenvalue weighted by Gasteiger charge is -2.33. The van der Waals surface area contributed by atoms with Crippen molar-refractivity contribution in [3.8, 4) is 0 Å². The Morgan fingerprint density at radius 1 is 0.966 bits per heavy atom. The smallest absolute Gasteiger partial charge is 0.215 e. The summed E-state index contributed by atoms with van der Waals surface area (Å²) >= 11 is 24.7. The molecule has 1 saturated heterocycles. The molecular formula is C22H24Cl4O3. The fourth-order valence-electron chi connectivity index (χ4n) is 3.54. The number of carbonyl (C=O) groups excluding carboxylic acids is 1. The van der Waals surface area contributed by atoms with Gasteiger partial charge in [0, 0.05) is 25.5 Å². The van der Waals surface area contributed by atoms with Gasteiger partial charge in [-0.25, -0.2) is 0 Å². The van der Waals surface area contributed by atoms with Crippen molar-refractivity contribution in [2.75, 3.05) is 6.61 Å². The molecule has 0 spiro atoms. The van der Waals surface area contributed by atoms with Crippen LogP contribution in [0.3, 0.4) is 0 Å². The van der Waals surface area contributed by atoms with Gasteiger partial charge in [-0.1, -0.05) is 72.4 Å². The molecule has 0 bridgehead atoms. The minimum atomic E-state index is -1.47. The Bertz CT molecular complexity index is 800. The van der Waals surface area contributed by atoms with Crippen molar-refractivity contribution in [2.45, 2.75) is 45.8 Å². The molecule has 0 amide bonds. The van der Waals surface area contributed by atoms with E-state index in [9.17, 15) is 9.90 Å². The zero-order valence-electron chi connectivity index (χ0n) is 16.4. The molecular weight excluding hydrogens is 454 g/mol. The van der Waals surface area contributed by atoms with Crippen molar-refractivity contribution >= 4 is 52.2 Å². The molecule has 2 aromatic rings. The van der Waals surface area contributed by atoms with Crippen LogP contribution in [0.25, 0.3) is 0 Å². The molecule has 1 N–H and O–H groups in total. The normalized spacial score (nSPS) is 18.6. The highest BCUT2D eigenvalue weighted by atomic mass is 35.5. The Hall–Kier alpha value is -0.810. The first kappa shape index (κ1) is 24.5. The van der Waals surface area contributed by atoms with Gasteiger partial charge in [-0.2, -0.15) is 0 Å². The number of rotatable bonds is 4. The van der Waals surface area contributed by atoms with Crippen molar-refractivity contribution in [3.63, 3.8) is 0 Å². The molecule has 3 nitrogen and oxygen atoms in total. The molecule has 7 heteroatoms. The Morgan fingerprint density at radius 3 is 1.90 bits per heavy atom. The SMILES string of the molecule is CC.O=C1[C@@H](O)OCCCC1(Cc1ccc(Cl)cc1Cl)Cc1ccc(Cl)cc1Cl. The lowest BCUT2D eigenvalue weighted by atomic mass is 9.70. The molecule has 0 aliphatic carbocycles. The van der Waals surface area contributed by atoms with Gasteiger partial charge in [0.15, 0.2) is 5.78 Å². The minimum absolute atomic E-state index is 0.317. The summed E-state index contributed by atoms with van der Waals surface area (Å²) in [5, 5.41) is 12.2. The quantitative estimate of drug-likeness (QED) is 0.526. The van der Waals surface area contributed by atoms with Gasteiger partial charge >= 0.3 is 0 Å². The number of ether oxygens (including phenoxy) is 1. The fraction of sp³-hybridized carbons (Fsp3) is 0.409. The molecule has 0 unspecified atom stereocenters. The van der Waals surface area contributed by atoms with Crippen LogP contribution in [0.1, 0.15) is 37.8 Å². The van der Waals surface area contributed by atoms with E-state index in [2.05, 4.69) is 0 Å². The molecule has 0 saturated carbocycles. The second-order valence-corrected chi connectivity index (χ2v) is 8.48. The Balaban J connectivity index is 0.00000145. The van der Waals surface area contributed by atoms with E-state index in [4.69, 9.17) is 51.1 Å². The number of benzene rings is 2. The van der Waals surface area contributed by atoms with Gasteiger partial charge in [-0.05, 0) is 61.1 Å². The number of hydrogen-bond donors (Lipinski definition) is 1. The zero-order chi connectivity index (χ0) is 21.6. The second-order valence-electron chi connectivity index (χ2n) is 6.80. The maximum absolute atomic E-state index is 13.1. The van der Waals surface area contributed by atoms with Gasteiger partial charge in [-0.15, -0.1) is 0 Å². The van der Waals surface area contributed by atoms with Crippen LogP contribution in [-0.2, 0) is 22.4 Å². The van der Waals surface area contributed by atoms with Crippen LogP contribution in [-0.4, -0.2) is 23.8 Å². The fourth-order valence-corrected chi connectivity index (χ4v) is 4.49. The predicted molar refractivity (Wildman–Crippen MR) is 120 cm³/mol. The number of halogens is 4. The van der Waals surface area contributed by atoms with E-state index in [-0.39, 0.29) is 5.78 Å². The third kappa shape index (κ3) is 6.10. The molecule has 0 aromatic heterocycles. The average molecular weight is 478 g/mol. The van der Waals surface area contributed by atoms with Crippen molar-refractivity contribution in [1.82, 2.24) is 0 Å². The highest BCUT2D eigenvalue weighted by molar-refractivity contribution is 6.35. The van der Waals surface area contributed by atoms with E-state index in [1.54, 1.807) is 36.4 Å². The molecule has 158 valence electrons. The first-order valence-electron chi connectivity index (χ1n) is 9.53. The summed E-state index contributed by atoms with van der Waals surface area (Å²) in [7, 11) is 0. The Morgan fingerprint density at radius 2 is 1.45 bits per heavy atom. The monoisotopic (exact) mass is 476 g/mol. The summed E-state index contributed by atoms with van der Waals surface area (Å²) in [5.74, 6) is -0.364. The van der Waals surface area contributed by atoms with Gasteiger partial charge in [0.1, 0.15) is 0 Å².